The molecule has 2 heterocycles. The van der Waals surface area contributed by atoms with E-state index in [4.69, 9.17) is 5.73 Å². The van der Waals surface area contributed by atoms with E-state index in [1.54, 1.807) is 9.80 Å². The maximum atomic E-state index is 14.0. The van der Waals surface area contributed by atoms with Gasteiger partial charge in [0.15, 0.2) is 11.6 Å². The molecule has 4 rings (SSSR count). The second-order valence-electron chi connectivity index (χ2n) is 10.0. The van der Waals surface area contributed by atoms with Gasteiger partial charge in [0.1, 0.15) is 0 Å². The Morgan fingerprint density at radius 3 is 2.13 bits per heavy atom. The minimum atomic E-state index is -5.81. The molecule has 1 unspecified atom stereocenters. The van der Waals surface area contributed by atoms with Crippen molar-refractivity contribution in [2.75, 3.05) is 41.7 Å². The van der Waals surface area contributed by atoms with Crippen LogP contribution in [0, 0.1) is 6.92 Å². The van der Waals surface area contributed by atoms with E-state index in [1.165, 1.54) is 19.1 Å². The number of amides is 1. The number of nitrogens with zero attached hydrogens (tertiary/aromatic N) is 4. The molecule has 1 aromatic heterocycles. The Morgan fingerprint density at radius 1 is 0.913 bits per heavy atom. The fourth-order valence-corrected chi connectivity index (χ4v) is 4.58. The predicted octanol–water partition coefficient (Wildman–Crippen LogP) is 4.27. The van der Waals surface area contributed by atoms with Crippen molar-refractivity contribution in [2.24, 2.45) is 0 Å². The van der Waals surface area contributed by atoms with E-state index < -0.39 is 47.1 Å². The first-order chi connectivity index (χ1) is 21.2. The number of carbonyl (C=O) groups is 2. The highest BCUT2D eigenvalue weighted by Gasteiger charge is 2.61. The smallest absolute Gasteiger partial charge is 0.381 e. The van der Waals surface area contributed by atoms with Crippen molar-refractivity contribution in [1.82, 2.24) is 15.4 Å². The van der Waals surface area contributed by atoms with Crippen LogP contribution < -0.4 is 21.0 Å². The number of anilines is 3. The topological polar surface area (TPSA) is 134 Å². The Hall–Kier alpha value is -4.81. The predicted molar refractivity (Wildman–Crippen MR) is 143 cm³/mol. The van der Waals surface area contributed by atoms with E-state index in [1.807, 2.05) is 0 Å². The Morgan fingerprint density at radius 2 is 1.54 bits per heavy atom. The van der Waals surface area contributed by atoms with Gasteiger partial charge in [0.2, 0.25) is 0 Å². The molecule has 0 aliphatic carbocycles. The van der Waals surface area contributed by atoms with Crippen molar-refractivity contribution in [1.29, 1.82) is 0 Å². The summed E-state index contributed by atoms with van der Waals surface area (Å²) in [4.78, 5) is 38.5. The zero-order valence-corrected chi connectivity index (χ0v) is 23.4. The fourth-order valence-electron chi connectivity index (χ4n) is 4.58. The van der Waals surface area contributed by atoms with Gasteiger partial charge < -0.3 is 25.5 Å². The molecule has 0 saturated carbocycles. The average Bonchev–Trinajstić information content (AvgIpc) is 2.98. The van der Waals surface area contributed by atoms with Crippen LogP contribution in [0.25, 0.3) is 11.3 Å². The molecule has 0 spiro atoms. The number of carbonyl (C=O) groups excluding carboxylic acids is 2. The number of nitrogens with two attached hydrogens (primary N) is 1. The molecule has 46 heavy (non-hydrogen) atoms. The van der Waals surface area contributed by atoms with Crippen LogP contribution in [0.4, 0.5) is 56.8 Å². The highest BCUT2D eigenvalue weighted by molar-refractivity contribution is 5.88. The number of hydroxylamine groups is 1. The Labute approximate surface area is 253 Å². The van der Waals surface area contributed by atoms with Gasteiger partial charge in [-0.15, -0.1) is 0 Å². The largest absolute Gasteiger partial charge is 0.493 e. The monoisotopic (exact) mass is 666 g/mol. The van der Waals surface area contributed by atoms with E-state index in [0.29, 0.717) is 23.3 Å². The van der Waals surface area contributed by atoms with Crippen LogP contribution in [-0.2, 0) is 26.2 Å². The summed E-state index contributed by atoms with van der Waals surface area (Å²) in [7, 11) is 0. The Balaban J connectivity index is 1.61. The molecule has 1 atom stereocenters. The first-order valence-electron chi connectivity index (χ1n) is 13.0. The minimum Gasteiger partial charge on any atom is -0.381 e. The number of halogens is 9. The van der Waals surface area contributed by atoms with Crippen LogP contribution >= 0.6 is 0 Å². The number of hydrogen-bond acceptors (Lipinski definition) is 9. The van der Waals surface area contributed by atoms with Crippen LogP contribution in [0.1, 0.15) is 16.7 Å². The van der Waals surface area contributed by atoms with E-state index in [-0.39, 0.29) is 54.6 Å². The number of benzene rings is 2. The molecular weight excluding hydrogens is 643 g/mol. The second-order valence-corrected chi connectivity index (χ2v) is 10.0. The minimum absolute atomic E-state index is 0.0720. The van der Waals surface area contributed by atoms with Crippen molar-refractivity contribution >= 4 is 29.2 Å². The molecule has 0 radical (unpaired) electrons. The highest BCUT2D eigenvalue weighted by Crippen LogP contribution is 2.41. The normalized spacial score (nSPS) is 15.7. The fraction of sp³-hybridized carbons (Fsp3) is 0.333. The summed E-state index contributed by atoms with van der Waals surface area (Å²) in [5, 5.41) is 10.5. The van der Waals surface area contributed by atoms with Crippen LogP contribution in [0.15, 0.2) is 48.7 Å². The Kier molecular flexibility index (Phi) is 9.02. The first kappa shape index (κ1) is 34.1. The van der Waals surface area contributed by atoms with Gasteiger partial charge in [-0.05, 0) is 36.8 Å². The van der Waals surface area contributed by atoms with Gasteiger partial charge in [0.25, 0.3) is 11.5 Å². The quantitative estimate of drug-likeness (QED) is 0.270. The number of rotatable bonds is 5. The van der Waals surface area contributed by atoms with Gasteiger partial charge in [-0.2, -0.15) is 45.0 Å². The number of aliphatic hydroxyl groups is 1. The van der Waals surface area contributed by atoms with Gasteiger partial charge in [-0.1, -0.05) is 18.2 Å². The summed E-state index contributed by atoms with van der Waals surface area (Å²) in [5.41, 5.74) is 0.723. The van der Waals surface area contributed by atoms with E-state index in [2.05, 4.69) is 14.8 Å². The summed E-state index contributed by atoms with van der Waals surface area (Å²) >= 11 is 0. The summed E-state index contributed by atoms with van der Waals surface area (Å²) in [6.45, 7) is 2.36. The molecule has 2 aromatic carbocycles. The molecule has 3 aromatic rings. The van der Waals surface area contributed by atoms with Crippen molar-refractivity contribution in [2.45, 2.75) is 31.1 Å². The summed E-state index contributed by atoms with van der Waals surface area (Å²) in [6, 6.07) is 7.25. The molecular formula is C27H23F9N6O4. The van der Waals surface area contributed by atoms with Crippen LogP contribution in [0.2, 0.25) is 0 Å². The lowest BCUT2D eigenvalue weighted by atomic mass is 9.89. The summed E-state index contributed by atoms with van der Waals surface area (Å²) < 4.78 is 119. The number of hydrogen-bond donors (Lipinski definition) is 3. The van der Waals surface area contributed by atoms with E-state index >= 15 is 0 Å². The molecule has 0 bridgehead atoms. The molecule has 1 fully saturated rings. The molecule has 1 aliphatic heterocycles. The molecule has 1 saturated heterocycles. The van der Waals surface area contributed by atoms with Crippen LogP contribution in [0.5, 0.6) is 0 Å². The maximum Gasteiger partial charge on any atom is 0.493 e. The van der Waals surface area contributed by atoms with E-state index in [0.717, 1.165) is 24.4 Å². The number of alkyl halides is 9. The third kappa shape index (κ3) is 6.87. The third-order valence-corrected chi connectivity index (χ3v) is 7.04. The Bertz CT molecular complexity index is 1620. The van der Waals surface area contributed by atoms with Gasteiger partial charge in [-0.25, -0.2) is 14.8 Å². The maximum absolute atomic E-state index is 14.0. The summed E-state index contributed by atoms with van der Waals surface area (Å²) in [6.07, 6.45) is -14.9. The van der Waals surface area contributed by atoms with Crippen molar-refractivity contribution in [3.63, 3.8) is 0 Å². The lowest BCUT2D eigenvalue weighted by Gasteiger charge is -2.37. The van der Waals surface area contributed by atoms with Crippen molar-refractivity contribution in [3.8, 4) is 11.3 Å². The molecule has 1 aliphatic rings. The van der Waals surface area contributed by atoms with Gasteiger partial charge in [-0.3, -0.25) is 4.79 Å². The van der Waals surface area contributed by atoms with Gasteiger partial charge in [0.05, 0.1) is 17.5 Å². The van der Waals surface area contributed by atoms with Crippen molar-refractivity contribution in [3.05, 3.63) is 65.4 Å². The first-order valence-corrected chi connectivity index (χ1v) is 13.0. The van der Waals surface area contributed by atoms with Crippen molar-refractivity contribution < 1.29 is 59.0 Å². The lowest BCUT2D eigenvalue weighted by molar-refractivity contribution is -0.262. The molecule has 248 valence electrons. The van der Waals surface area contributed by atoms with Gasteiger partial charge in [0, 0.05) is 43.0 Å². The second kappa shape index (κ2) is 12.2. The lowest BCUT2D eigenvalue weighted by Crippen LogP contribution is -2.55. The number of aromatic nitrogens is 2. The number of nitrogens with one attached hydrogen (secondary N) is 1. The molecule has 10 nitrogen and oxygen atoms in total. The summed E-state index contributed by atoms with van der Waals surface area (Å²) in [5.74, 6) is -5.55. The van der Waals surface area contributed by atoms with Crippen LogP contribution in [0.3, 0.4) is 0 Å². The highest BCUT2D eigenvalue weighted by atomic mass is 19.4. The SMILES string of the molecule is Cc1ccc(C(O)(C(=O)NOC(=O)C(F)(F)F)C(F)(F)F)cc1-c1cnc(N)c(N2CCN(c3cccc(C(F)(F)F)c3)CC2)n1. The molecule has 1 amide bonds. The zero-order valence-electron chi connectivity index (χ0n) is 23.4. The average molecular weight is 667 g/mol. The van der Waals surface area contributed by atoms with Crippen LogP contribution in [-0.4, -0.2) is 65.5 Å². The number of aryl methyl sites for hydroxylation is 1. The molecule has 4 N–H and O–H groups in total. The molecule has 19 heteroatoms. The standard InChI is InChI=1S/C27H23F9N6O4/c1-14-5-6-15(24(45,27(34,35)36)22(43)40-46-23(44)26(31,32)33)12-18(14)19-13-38-20(37)21(39-19)42-9-7-41(8-10-42)17-4-2-3-16(11-17)25(28,29)30/h2-6,11-13,45H,7-10H2,1H3,(H2,37,38)(H,40,43). The number of nitrogen functional groups attached to an aromatic ring is 1. The third-order valence-electron chi connectivity index (χ3n) is 7.04. The zero-order chi connectivity index (χ0) is 34.2. The van der Waals surface area contributed by atoms with E-state index in [9.17, 15) is 54.2 Å². The number of piperazine rings is 1. The van der Waals surface area contributed by atoms with Gasteiger partial charge >= 0.3 is 24.5 Å².